The number of hydrogen-bond acceptors (Lipinski definition) is 8. The third-order valence-electron chi connectivity index (χ3n) is 4.49. The molecule has 3 rings (SSSR count). The van der Waals surface area contributed by atoms with E-state index in [2.05, 4.69) is 10.2 Å². The molecule has 0 saturated carbocycles. The molecule has 2 aromatic rings. The van der Waals surface area contributed by atoms with E-state index in [1.807, 2.05) is 0 Å². The standard InChI is InChI=1S/C16H18N4O5S2/c1-10(21)12-3-4-14(13(8-12)20(22)23)26-16-18-17-15(19(16)2)7-11-5-6-27(24,25)9-11/h3-4,8,11H,5-7,9H2,1-2H3. The summed E-state index contributed by atoms with van der Waals surface area (Å²) in [5, 5.41) is 20.0. The maximum absolute atomic E-state index is 11.6. The number of aromatic nitrogens is 3. The Hall–Kier alpha value is -2.27. The fraction of sp³-hybridized carbons (Fsp3) is 0.438. The van der Waals surface area contributed by atoms with Crippen LogP contribution < -0.4 is 0 Å². The highest BCUT2D eigenvalue weighted by molar-refractivity contribution is 7.99. The van der Waals surface area contributed by atoms with Gasteiger partial charge in [-0.2, -0.15) is 0 Å². The van der Waals surface area contributed by atoms with E-state index >= 15 is 0 Å². The van der Waals surface area contributed by atoms with Crippen molar-refractivity contribution in [3.63, 3.8) is 0 Å². The average molecular weight is 410 g/mol. The average Bonchev–Trinajstić information content (AvgIpc) is 3.11. The fourth-order valence-corrected chi connectivity index (χ4v) is 5.72. The van der Waals surface area contributed by atoms with E-state index in [-0.39, 0.29) is 34.5 Å². The highest BCUT2D eigenvalue weighted by Gasteiger charge is 2.29. The van der Waals surface area contributed by atoms with E-state index in [0.29, 0.717) is 28.7 Å². The lowest BCUT2D eigenvalue weighted by Crippen LogP contribution is -2.11. The third kappa shape index (κ3) is 4.35. The summed E-state index contributed by atoms with van der Waals surface area (Å²) >= 11 is 1.09. The molecule has 11 heteroatoms. The summed E-state index contributed by atoms with van der Waals surface area (Å²) in [5.41, 5.74) is 0.103. The Morgan fingerprint density at radius 3 is 2.74 bits per heavy atom. The maximum atomic E-state index is 11.6. The molecule has 0 bridgehead atoms. The first-order chi connectivity index (χ1) is 12.7. The molecule has 1 fully saturated rings. The summed E-state index contributed by atoms with van der Waals surface area (Å²) in [6.07, 6.45) is 1.10. The molecule has 1 aliphatic heterocycles. The van der Waals surface area contributed by atoms with Crippen LogP contribution >= 0.6 is 11.8 Å². The van der Waals surface area contributed by atoms with Crippen molar-refractivity contribution in [2.24, 2.45) is 13.0 Å². The number of sulfone groups is 1. The van der Waals surface area contributed by atoms with Crippen LogP contribution in [0.1, 0.15) is 29.5 Å². The minimum Gasteiger partial charge on any atom is -0.309 e. The molecule has 2 heterocycles. The lowest BCUT2D eigenvalue weighted by atomic mass is 10.1. The Labute approximate surface area is 160 Å². The van der Waals surface area contributed by atoms with Crippen LogP contribution in [-0.4, -0.2) is 45.4 Å². The number of ketones is 1. The van der Waals surface area contributed by atoms with Gasteiger partial charge in [0, 0.05) is 25.1 Å². The largest absolute Gasteiger partial charge is 0.309 e. The number of nitro benzene ring substituents is 1. The third-order valence-corrected chi connectivity index (χ3v) is 7.43. The first-order valence-corrected chi connectivity index (χ1v) is 10.9. The summed E-state index contributed by atoms with van der Waals surface area (Å²) in [7, 11) is -1.21. The van der Waals surface area contributed by atoms with E-state index in [9.17, 15) is 23.3 Å². The number of carbonyl (C=O) groups is 1. The monoisotopic (exact) mass is 410 g/mol. The second kappa shape index (κ2) is 7.39. The van der Waals surface area contributed by atoms with Crippen LogP contribution in [0.15, 0.2) is 28.3 Å². The molecule has 0 amide bonds. The van der Waals surface area contributed by atoms with Crippen LogP contribution in [0, 0.1) is 16.0 Å². The van der Waals surface area contributed by atoms with Gasteiger partial charge in [-0.15, -0.1) is 10.2 Å². The molecule has 1 unspecified atom stereocenters. The number of Topliss-reactive ketones (excluding diaryl/α,β-unsaturated/α-hetero) is 1. The molecule has 0 N–H and O–H groups in total. The van der Waals surface area contributed by atoms with E-state index in [0.717, 1.165) is 11.8 Å². The van der Waals surface area contributed by atoms with Crippen LogP contribution in [0.3, 0.4) is 0 Å². The second-order valence-electron chi connectivity index (χ2n) is 6.53. The Bertz CT molecular complexity index is 1020. The highest BCUT2D eigenvalue weighted by atomic mass is 32.2. The summed E-state index contributed by atoms with van der Waals surface area (Å²) in [4.78, 5) is 22.6. The molecule has 1 atom stereocenters. The van der Waals surface area contributed by atoms with Gasteiger partial charge in [-0.1, -0.05) is 0 Å². The van der Waals surface area contributed by atoms with Crippen LogP contribution in [0.2, 0.25) is 0 Å². The quantitative estimate of drug-likeness (QED) is 0.402. The van der Waals surface area contributed by atoms with E-state index in [4.69, 9.17) is 0 Å². The Morgan fingerprint density at radius 1 is 1.41 bits per heavy atom. The van der Waals surface area contributed by atoms with Gasteiger partial charge in [0.05, 0.1) is 21.3 Å². The fourth-order valence-electron chi connectivity index (χ4n) is 2.97. The van der Waals surface area contributed by atoms with Gasteiger partial charge in [0.25, 0.3) is 5.69 Å². The maximum Gasteiger partial charge on any atom is 0.284 e. The predicted molar refractivity (Wildman–Crippen MR) is 98.7 cm³/mol. The van der Waals surface area contributed by atoms with Crippen LogP contribution in [-0.2, 0) is 23.3 Å². The van der Waals surface area contributed by atoms with Crippen molar-refractivity contribution < 1.29 is 18.1 Å². The number of rotatable bonds is 6. The summed E-state index contributed by atoms with van der Waals surface area (Å²) in [5.74, 6) is 0.760. The van der Waals surface area contributed by atoms with Crippen LogP contribution in [0.5, 0.6) is 0 Å². The molecule has 0 radical (unpaired) electrons. The number of nitrogens with zero attached hydrogens (tertiary/aromatic N) is 4. The Morgan fingerprint density at radius 2 is 2.15 bits per heavy atom. The first-order valence-electron chi connectivity index (χ1n) is 8.22. The predicted octanol–water partition coefficient (Wildman–Crippen LogP) is 2.05. The minimum atomic E-state index is -2.96. The zero-order valence-electron chi connectivity index (χ0n) is 14.8. The van der Waals surface area contributed by atoms with Gasteiger partial charge in [-0.25, -0.2) is 8.42 Å². The molecule has 1 saturated heterocycles. The highest BCUT2D eigenvalue weighted by Crippen LogP contribution is 2.35. The van der Waals surface area contributed by atoms with Crippen molar-refractivity contribution in [1.82, 2.24) is 14.8 Å². The smallest absolute Gasteiger partial charge is 0.284 e. The van der Waals surface area contributed by atoms with Gasteiger partial charge in [-0.05, 0) is 43.2 Å². The van der Waals surface area contributed by atoms with Crippen molar-refractivity contribution in [3.05, 3.63) is 39.7 Å². The van der Waals surface area contributed by atoms with Crippen molar-refractivity contribution in [3.8, 4) is 0 Å². The first kappa shape index (κ1) is 19.5. The zero-order valence-corrected chi connectivity index (χ0v) is 16.4. The lowest BCUT2D eigenvalue weighted by Gasteiger charge is -2.08. The number of carbonyl (C=O) groups excluding carboxylic acids is 1. The molecule has 144 valence electrons. The van der Waals surface area contributed by atoms with E-state index < -0.39 is 14.8 Å². The Balaban J connectivity index is 1.82. The van der Waals surface area contributed by atoms with Gasteiger partial charge in [0.1, 0.15) is 5.82 Å². The second-order valence-corrected chi connectivity index (χ2v) is 9.77. The molecule has 0 spiro atoms. The molecule has 1 aliphatic rings. The number of hydrogen-bond donors (Lipinski definition) is 0. The SMILES string of the molecule is CC(=O)c1ccc(Sc2nnc(CC3CCS(=O)(=O)C3)n2C)c([N+](=O)[O-])c1. The molecular weight excluding hydrogens is 392 g/mol. The molecule has 1 aromatic carbocycles. The normalized spacial score (nSPS) is 18.5. The molecule has 0 aliphatic carbocycles. The van der Waals surface area contributed by atoms with Crippen LogP contribution in [0.25, 0.3) is 0 Å². The topological polar surface area (TPSA) is 125 Å². The van der Waals surface area contributed by atoms with Gasteiger partial charge in [-0.3, -0.25) is 14.9 Å². The van der Waals surface area contributed by atoms with Gasteiger partial charge in [0.15, 0.2) is 20.8 Å². The molecule has 9 nitrogen and oxygen atoms in total. The molecule has 27 heavy (non-hydrogen) atoms. The van der Waals surface area contributed by atoms with Crippen molar-refractivity contribution in [2.45, 2.75) is 29.8 Å². The summed E-state index contributed by atoms with van der Waals surface area (Å²) in [6.45, 7) is 1.35. The van der Waals surface area contributed by atoms with Gasteiger partial charge < -0.3 is 4.57 Å². The van der Waals surface area contributed by atoms with Crippen LogP contribution in [0.4, 0.5) is 5.69 Å². The Kier molecular flexibility index (Phi) is 5.33. The van der Waals surface area contributed by atoms with Gasteiger partial charge in [0.2, 0.25) is 0 Å². The van der Waals surface area contributed by atoms with Crippen molar-refractivity contribution in [2.75, 3.05) is 11.5 Å². The molecule has 1 aromatic heterocycles. The lowest BCUT2D eigenvalue weighted by molar-refractivity contribution is -0.387. The summed E-state index contributed by atoms with van der Waals surface area (Å²) < 4.78 is 24.9. The van der Waals surface area contributed by atoms with Crippen molar-refractivity contribution >= 4 is 33.1 Å². The minimum absolute atomic E-state index is 0.0138. The van der Waals surface area contributed by atoms with E-state index in [1.54, 1.807) is 17.7 Å². The van der Waals surface area contributed by atoms with Gasteiger partial charge >= 0.3 is 0 Å². The van der Waals surface area contributed by atoms with E-state index in [1.165, 1.54) is 19.1 Å². The van der Waals surface area contributed by atoms with Crippen molar-refractivity contribution in [1.29, 1.82) is 0 Å². The molecular formula is C16H18N4O5S2. The number of benzene rings is 1. The number of nitro groups is 1. The zero-order chi connectivity index (χ0) is 19.8. The summed E-state index contributed by atoms with van der Waals surface area (Å²) in [6, 6.07) is 4.32.